The highest BCUT2D eigenvalue weighted by molar-refractivity contribution is 5.99. The van der Waals surface area contributed by atoms with Crippen LogP contribution in [0.15, 0.2) is 60.7 Å². The Balaban J connectivity index is 2.46. The molecule has 10 atom stereocenters. The molecule has 0 saturated carbocycles. The summed E-state index contributed by atoms with van der Waals surface area (Å²) in [5.41, 5.74) is 23.7. The molecule has 0 aliphatic heterocycles. The molecule has 19 N–H and O–H groups in total. The minimum absolute atomic E-state index is 0.0812. The maximum absolute atomic E-state index is 14.2. The Morgan fingerprint density at radius 1 is 0.417 bits per heavy atom. The molecule has 464 valence electrons. The summed E-state index contributed by atoms with van der Waals surface area (Å²) in [6.45, 7) is 11.2. The average molecular weight is 1180 g/mol. The molecule has 0 aliphatic carbocycles. The molecule has 0 saturated heterocycles. The minimum atomic E-state index is -1.81. The van der Waals surface area contributed by atoms with Gasteiger partial charge in [0.1, 0.15) is 54.4 Å². The van der Waals surface area contributed by atoms with Crippen molar-refractivity contribution >= 4 is 76.9 Å². The lowest BCUT2D eigenvalue weighted by Gasteiger charge is -2.28. The Kier molecular flexibility index (Phi) is 30.8. The Morgan fingerprint density at radius 3 is 1.24 bits per heavy atom. The SMILES string of the molecule is CC(C)[C@H](N)C(=O)N[C@H](C(=O)N[C@@H](CCC(N)=O)C(=O)N[C@@H](CC(N)=O)C(=O)N[C@@H](Cc1ccccc1)C(=O)N[C@@H](C)C(=O)N[C@@H](CCCCN)C(=O)N[C@@H](CCC(=O)O)C(=O)N[C@@H](Cc1ccccc1)C(=O)N[C@H](C(=O)O)C(C)C)C(C)C. The number of hydrogen-bond donors (Lipinski definition) is 15. The minimum Gasteiger partial charge on any atom is -0.481 e. The summed E-state index contributed by atoms with van der Waals surface area (Å²) in [5.74, 6) is -14.5. The van der Waals surface area contributed by atoms with Gasteiger partial charge in [-0.3, -0.25) is 57.5 Å². The number of rotatable bonds is 38. The van der Waals surface area contributed by atoms with Gasteiger partial charge in [-0.1, -0.05) is 102 Å². The standard InChI is InChI=1S/C56H85N13O15/c1-29(2)44(60)54(81)68-45(30(3)4)55(82)64-36(21-23-41(58)70)49(76)67-40(28-42(59)71)52(79)66-38(26-33-16-10-8-11-17-33)51(78)61-32(7)47(74)62-35(20-14-15-25-57)48(75)63-37(22-24-43(72)73)50(77)65-39(27-34-18-12-9-13-19-34)53(80)69-46(31(5)6)56(83)84/h8-13,16-19,29-32,35-40,44-46H,14-15,20-28,57,60H2,1-7H3,(H2,58,70)(H2,59,71)(H,61,78)(H,62,74)(H,63,75)(H,64,82)(H,65,77)(H,66,79)(H,67,76)(H,68,81)(H,69,80)(H,72,73)(H,83,84)/t32-,35-,36-,37-,38-,39-,40-,44-,45-,46-/m0/s1. The Hall–Kier alpha value is -8.53. The lowest BCUT2D eigenvalue weighted by atomic mass is 9.99. The van der Waals surface area contributed by atoms with Gasteiger partial charge in [-0.25, -0.2) is 4.79 Å². The quantitative estimate of drug-likeness (QED) is 0.0306. The van der Waals surface area contributed by atoms with Crippen LogP contribution in [0.3, 0.4) is 0 Å². The predicted molar refractivity (Wildman–Crippen MR) is 305 cm³/mol. The summed E-state index contributed by atoms with van der Waals surface area (Å²) < 4.78 is 0. The molecule has 2 rings (SSSR count). The van der Waals surface area contributed by atoms with Gasteiger partial charge in [0.05, 0.1) is 12.5 Å². The largest absolute Gasteiger partial charge is 0.481 e. The van der Waals surface area contributed by atoms with Crippen LogP contribution in [0.5, 0.6) is 0 Å². The maximum Gasteiger partial charge on any atom is 0.326 e. The summed E-state index contributed by atoms with van der Waals surface area (Å²) in [6.07, 6.45) is -2.65. The lowest BCUT2D eigenvalue weighted by Crippen LogP contribution is -2.61. The molecular weight excluding hydrogens is 1090 g/mol. The molecule has 0 aliphatic rings. The van der Waals surface area contributed by atoms with Gasteiger partial charge in [-0.15, -0.1) is 0 Å². The third kappa shape index (κ3) is 25.7. The summed E-state index contributed by atoms with van der Waals surface area (Å²) in [4.78, 5) is 173. The van der Waals surface area contributed by atoms with Gasteiger partial charge in [0.2, 0.25) is 65.0 Å². The van der Waals surface area contributed by atoms with E-state index >= 15 is 0 Å². The highest BCUT2D eigenvalue weighted by Crippen LogP contribution is 2.13. The second kappa shape index (κ2) is 36.1. The number of unbranched alkanes of at least 4 members (excludes halogenated alkanes) is 1. The molecule has 0 aromatic heterocycles. The van der Waals surface area contributed by atoms with E-state index in [0.29, 0.717) is 17.5 Å². The van der Waals surface area contributed by atoms with E-state index in [9.17, 15) is 72.5 Å². The fourth-order valence-electron chi connectivity index (χ4n) is 8.26. The van der Waals surface area contributed by atoms with Crippen molar-refractivity contribution in [3.63, 3.8) is 0 Å². The molecule has 2 aromatic rings. The molecule has 28 heteroatoms. The second-order valence-corrected chi connectivity index (χ2v) is 21.4. The van der Waals surface area contributed by atoms with Gasteiger partial charge < -0.3 is 81.0 Å². The third-order valence-electron chi connectivity index (χ3n) is 13.3. The topological polar surface area (TPSA) is 475 Å². The van der Waals surface area contributed by atoms with E-state index in [1.807, 2.05) is 0 Å². The van der Waals surface area contributed by atoms with Crippen LogP contribution in [-0.2, 0) is 75.2 Å². The zero-order chi connectivity index (χ0) is 63.4. The summed E-state index contributed by atoms with van der Waals surface area (Å²) in [6, 6.07) is 2.15. The van der Waals surface area contributed by atoms with E-state index in [1.165, 1.54) is 6.92 Å². The van der Waals surface area contributed by atoms with Gasteiger partial charge in [0.25, 0.3) is 0 Å². The van der Waals surface area contributed by atoms with Crippen molar-refractivity contribution in [1.82, 2.24) is 47.9 Å². The first-order valence-corrected chi connectivity index (χ1v) is 27.7. The molecule has 28 nitrogen and oxygen atoms in total. The number of carbonyl (C=O) groups excluding carboxylic acids is 11. The summed E-state index contributed by atoms with van der Waals surface area (Å²) in [5, 5.41) is 41.7. The molecular formula is C56H85N13O15. The molecule has 0 spiro atoms. The van der Waals surface area contributed by atoms with Gasteiger partial charge in [-0.2, -0.15) is 0 Å². The van der Waals surface area contributed by atoms with Gasteiger partial charge >= 0.3 is 11.9 Å². The monoisotopic (exact) mass is 1180 g/mol. The third-order valence-corrected chi connectivity index (χ3v) is 13.3. The van der Waals surface area contributed by atoms with Gasteiger partial charge in [0.15, 0.2) is 0 Å². The highest BCUT2D eigenvalue weighted by atomic mass is 16.4. The first-order valence-electron chi connectivity index (χ1n) is 27.7. The predicted octanol–water partition coefficient (Wildman–Crippen LogP) is -2.63. The fraction of sp³-hybridized carbons (Fsp3) is 0.554. The zero-order valence-electron chi connectivity index (χ0n) is 48.6. The molecule has 0 radical (unpaired) electrons. The summed E-state index contributed by atoms with van der Waals surface area (Å²) >= 11 is 0. The number of hydrogen-bond acceptors (Lipinski definition) is 15. The van der Waals surface area contributed by atoms with Crippen LogP contribution in [0.25, 0.3) is 0 Å². The highest BCUT2D eigenvalue weighted by Gasteiger charge is 2.37. The van der Waals surface area contributed by atoms with Gasteiger partial charge in [0, 0.05) is 25.7 Å². The van der Waals surface area contributed by atoms with Gasteiger partial charge in [-0.05, 0) is 74.5 Å². The number of carbonyl (C=O) groups is 13. The van der Waals surface area contributed by atoms with E-state index in [1.54, 1.807) is 102 Å². The van der Waals surface area contributed by atoms with Crippen molar-refractivity contribution < 1.29 is 72.5 Å². The average Bonchev–Trinajstić information content (AvgIpc) is 3.42. The van der Waals surface area contributed by atoms with Crippen LogP contribution in [-0.4, -0.2) is 154 Å². The van der Waals surface area contributed by atoms with E-state index < -0.39 is 181 Å². The molecule has 11 amide bonds. The Labute approximate surface area is 488 Å². The summed E-state index contributed by atoms with van der Waals surface area (Å²) in [7, 11) is 0. The number of primary amides is 2. The number of nitrogens with two attached hydrogens (primary N) is 4. The van der Waals surface area contributed by atoms with E-state index in [-0.39, 0.29) is 38.1 Å². The molecule has 0 unspecified atom stereocenters. The van der Waals surface area contributed by atoms with Crippen LogP contribution >= 0.6 is 0 Å². The van der Waals surface area contributed by atoms with Crippen molar-refractivity contribution in [2.45, 2.75) is 173 Å². The lowest BCUT2D eigenvalue weighted by molar-refractivity contribution is -0.143. The Bertz CT molecular complexity index is 2590. The normalized spacial score (nSPS) is 14.7. The van der Waals surface area contributed by atoms with Crippen LogP contribution in [0.1, 0.15) is 111 Å². The number of carboxylic acids is 2. The first-order chi connectivity index (χ1) is 39.4. The van der Waals surface area contributed by atoms with Crippen molar-refractivity contribution in [3.05, 3.63) is 71.8 Å². The number of benzene rings is 2. The molecule has 0 heterocycles. The van der Waals surface area contributed by atoms with Crippen LogP contribution in [0.4, 0.5) is 0 Å². The fourth-order valence-corrected chi connectivity index (χ4v) is 8.26. The second-order valence-electron chi connectivity index (χ2n) is 21.4. The van der Waals surface area contributed by atoms with Crippen LogP contribution in [0, 0.1) is 17.8 Å². The number of carboxylic acid groups (broad SMARTS) is 2. The maximum atomic E-state index is 14.2. The van der Waals surface area contributed by atoms with Crippen molar-refractivity contribution in [2.24, 2.45) is 40.7 Å². The van der Waals surface area contributed by atoms with Crippen molar-refractivity contribution in [1.29, 1.82) is 0 Å². The molecule has 84 heavy (non-hydrogen) atoms. The first kappa shape index (κ1) is 71.6. The number of nitrogens with one attached hydrogen (secondary N) is 9. The van der Waals surface area contributed by atoms with Crippen molar-refractivity contribution in [2.75, 3.05) is 6.54 Å². The number of amides is 11. The van der Waals surface area contributed by atoms with E-state index in [0.717, 1.165) is 0 Å². The Morgan fingerprint density at radius 2 is 0.810 bits per heavy atom. The van der Waals surface area contributed by atoms with E-state index in [4.69, 9.17) is 22.9 Å². The van der Waals surface area contributed by atoms with Crippen LogP contribution < -0.4 is 70.8 Å². The zero-order valence-corrected chi connectivity index (χ0v) is 48.6. The molecule has 2 aromatic carbocycles. The van der Waals surface area contributed by atoms with E-state index in [2.05, 4.69) is 47.9 Å². The van der Waals surface area contributed by atoms with Crippen LogP contribution in [0.2, 0.25) is 0 Å². The van der Waals surface area contributed by atoms with Crippen molar-refractivity contribution in [3.8, 4) is 0 Å². The smallest absolute Gasteiger partial charge is 0.326 e. The number of aliphatic carboxylic acids is 2. The molecule has 0 bridgehead atoms. The molecule has 0 fully saturated rings.